The van der Waals surface area contributed by atoms with Crippen molar-refractivity contribution in [3.05, 3.63) is 94.6 Å². The monoisotopic (exact) mass is 507 g/mol. The average molecular weight is 508 g/mol. The lowest BCUT2D eigenvalue weighted by Gasteiger charge is -2.12. The average Bonchev–Trinajstić information content (AvgIpc) is 3.37. The highest BCUT2D eigenvalue weighted by Crippen LogP contribution is 2.31. The molecule has 3 N–H and O–H groups in total. The maximum Gasteiger partial charge on any atom is 0.416 e. The molecule has 0 fully saturated rings. The van der Waals surface area contributed by atoms with Crippen LogP contribution in [0.1, 0.15) is 16.1 Å². The van der Waals surface area contributed by atoms with E-state index in [0.717, 1.165) is 45.0 Å². The molecule has 5 aromatic rings. The quantitative estimate of drug-likeness (QED) is 0.260. The van der Waals surface area contributed by atoms with Gasteiger partial charge in [-0.25, -0.2) is 15.0 Å². The minimum atomic E-state index is -4.39. The molecule has 0 saturated heterocycles. The van der Waals surface area contributed by atoms with E-state index in [1.165, 1.54) is 23.7 Å². The van der Waals surface area contributed by atoms with Crippen molar-refractivity contribution in [1.82, 2.24) is 15.0 Å². The number of thiazole rings is 1. The number of benzene rings is 3. The van der Waals surface area contributed by atoms with Crippen LogP contribution in [0.2, 0.25) is 0 Å². The summed E-state index contributed by atoms with van der Waals surface area (Å²) in [4.78, 5) is 13.3. The summed E-state index contributed by atoms with van der Waals surface area (Å²) < 4.78 is 44.4. The van der Waals surface area contributed by atoms with Crippen LogP contribution in [0.4, 0.5) is 24.7 Å². The highest BCUT2D eigenvalue weighted by atomic mass is 32.1. The Kier molecular flexibility index (Phi) is 6.53. The number of anilines is 2. The number of hydrogen-bond donors (Lipinski definition) is 2. The summed E-state index contributed by atoms with van der Waals surface area (Å²) in [6, 6.07) is 18.1. The van der Waals surface area contributed by atoms with Crippen molar-refractivity contribution in [3.8, 4) is 17.0 Å². The number of nitrogens with one attached hydrogen (secondary N) is 1. The number of rotatable bonds is 7. The van der Waals surface area contributed by atoms with Crippen LogP contribution in [0.25, 0.3) is 22.2 Å². The van der Waals surface area contributed by atoms with Gasteiger partial charge in [0.2, 0.25) is 0 Å². The lowest BCUT2D eigenvalue weighted by atomic mass is 10.1. The van der Waals surface area contributed by atoms with Gasteiger partial charge in [0.1, 0.15) is 29.5 Å². The van der Waals surface area contributed by atoms with Crippen LogP contribution in [0.15, 0.2) is 78.4 Å². The Labute approximate surface area is 208 Å². The Morgan fingerprint density at radius 1 is 0.972 bits per heavy atom. The second-order valence-corrected chi connectivity index (χ2v) is 8.86. The highest BCUT2D eigenvalue weighted by Gasteiger charge is 2.30. The first-order chi connectivity index (χ1) is 17.4. The van der Waals surface area contributed by atoms with Gasteiger partial charge in [-0.15, -0.1) is 11.3 Å². The maximum atomic E-state index is 12.9. The largest absolute Gasteiger partial charge is 0.489 e. The summed E-state index contributed by atoms with van der Waals surface area (Å²) in [5, 5.41) is 6.97. The van der Waals surface area contributed by atoms with E-state index in [1.807, 2.05) is 35.7 Å². The van der Waals surface area contributed by atoms with Gasteiger partial charge in [0, 0.05) is 28.6 Å². The van der Waals surface area contributed by atoms with Gasteiger partial charge in [0.05, 0.1) is 16.8 Å². The Morgan fingerprint density at radius 3 is 2.56 bits per heavy atom. The molecular formula is C26H20F3N5OS. The molecule has 0 spiro atoms. The van der Waals surface area contributed by atoms with Gasteiger partial charge in [-0.1, -0.05) is 18.2 Å². The number of halogens is 3. The third kappa shape index (κ3) is 5.29. The standard InChI is InChI=1S/C26H20F3N5OS/c27-26(28,29)18-3-1-2-16(10-18)13-35-20-7-5-19(6-8-20)33-25-21-11-17(4-9-22(21)31-15-32-25)23-14-36-24(12-30)34-23/h1-11,14-15H,12-13,30H2,(H,31,32,33). The number of alkyl halides is 3. The van der Waals surface area contributed by atoms with E-state index in [2.05, 4.69) is 20.3 Å². The first kappa shape index (κ1) is 23.7. The molecule has 0 atom stereocenters. The second kappa shape index (κ2) is 9.92. The van der Waals surface area contributed by atoms with Crippen LogP contribution in [0.3, 0.4) is 0 Å². The molecule has 3 aromatic carbocycles. The molecule has 36 heavy (non-hydrogen) atoms. The van der Waals surface area contributed by atoms with Crippen molar-refractivity contribution < 1.29 is 17.9 Å². The van der Waals surface area contributed by atoms with Crippen LogP contribution < -0.4 is 15.8 Å². The summed E-state index contributed by atoms with van der Waals surface area (Å²) in [6.45, 7) is 0.423. The Balaban J connectivity index is 1.31. The van der Waals surface area contributed by atoms with E-state index in [1.54, 1.807) is 18.2 Å². The number of hydrogen-bond acceptors (Lipinski definition) is 7. The SMILES string of the molecule is NCc1nc(-c2ccc3ncnc(Nc4ccc(OCc5cccc(C(F)(F)F)c5)cc4)c3c2)cs1. The molecule has 10 heteroatoms. The Hall–Kier alpha value is -4.02. The van der Waals surface area contributed by atoms with Crippen LogP contribution in [0.5, 0.6) is 5.75 Å². The minimum Gasteiger partial charge on any atom is -0.489 e. The summed E-state index contributed by atoms with van der Waals surface area (Å²) in [5.41, 5.74) is 8.77. The van der Waals surface area contributed by atoms with E-state index < -0.39 is 11.7 Å². The minimum absolute atomic E-state index is 0.0263. The molecule has 5 rings (SSSR count). The Morgan fingerprint density at radius 2 is 1.81 bits per heavy atom. The van der Waals surface area contributed by atoms with Gasteiger partial charge < -0.3 is 15.8 Å². The molecule has 182 valence electrons. The van der Waals surface area contributed by atoms with Crippen LogP contribution >= 0.6 is 11.3 Å². The van der Waals surface area contributed by atoms with Crippen molar-refractivity contribution in [3.63, 3.8) is 0 Å². The summed E-state index contributed by atoms with van der Waals surface area (Å²) in [6.07, 6.45) is -2.89. The zero-order valence-electron chi connectivity index (χ0n) is 18.8. The zero-order valence-corrected chi connectivity index (χ0v) is 19.6. The van der Waals surface area contributed by atoms with Crippen molar-refractivity contribution in [1.29, 1.82) is 0 Å². The van der Waals surface area contributed by atoms with Crippen molar-refractivity contribution in [2.24, 2.45) is 5.73 Å². The lowest BCUT2D eigenvalue weighted by molar-refractivity contribution is -0.137. The molecular weight excluding hydrogens is 487 g/mol. The third-order valence-electron chi connectivity index (χ3n) is 5.43. The van der Waals surface area contributed by atoms with Crippen LogP contribution in [-0.4, -0.2) is 15.0 Å². The molecule has 0 aliphatic rings. The summed E-state index contributed by atoms with van der Waals surface area (Å²) in [7, 11) is 0. The normalized spacial score (nSPS) is 11.6. The molecule has 0 radical (unpaired) electrons. The summed E-state index contributed by atoms with van der Waals surface area (Å²) in [5.74, 6) is 1.17. The number of ether oxygens (including phenoxy) is 1. The van der Waals surface area contributed by atoms with E-state index in [4.69, 9.17) is 10.5 Å². The lowest BCUT2D eigenvalue weighted by Crippen LogP contribution is -2.06. The van der Waals surface area contributed by atoms with E-state index in [-0.39, 0.29) is 6.61 Å². The van der Waals surface area contributed by atoms with Gasteiger partial charge >= 0.3 is 6.18 Å². The number of fused-ring (bicyclic) bond motifs is 1. The number of nitrogens with two attached hydrogens (primary N) is 1. The van der Waals surface area contributed by atoms with Crippen LogP contribution in [-0.2, 0) is 19.3 Å². The van der Waals surface area contributed by atoms with Crippen LogP contribution in [0, 0.1) is 0 Å². The number of aromatic nitrogens is 3. The fourth-order valence-electron chi connectivity index (χ4n) is 3.63. The van der Waals surface area contributed by atoms with E-state index in [0.29, 0.717) is 23.7 Å². The van der Waals surface area contributed by atoms with Gasteiger partial charge in [-0.05, 0) is 54.1 Å². The van der Waals surface area contributed by atoms with E-state index >= 15 is 0 Å². The second-order valence-electron chi connectivity index (χ2n) is 7.92. The zero-order chi connectivity index (χ0) is 25.1. The molecule has 0 aliphatic carbocycles. The molecule has 6 nitrogen and oxygen atoms in total. The van der Waals surface area contributed by atoms with Crippen molar-refractivity contribution in [2.75, 3.05) is 5.32 Å². The van der Waals surface area contributed by atoms with E-state index in [9.17, 15) is 13.2 Å². The molecule has 0 bridgehead atoms. The van der Waals surface area contributed by atoms with Gasteiger partial charge in [0.25, 0.3) is 0 Å². The predicted molar refractivity (Wildman–Crippen MR) is 134 cm³/mol. The topological polar surface area (TPSA) is 86.0 Å². The molecule has 2 heterocycles. The first-order valence-electron chi connectivity index (χ1n) is 10.9. The van der Waals surface area contributed by atoms with Gasteiger partial charge in [-0.3, -0.25) is 0 Å². The van der Waals surface area contributed by atoms with Crippen molar-refractivity contribution in [2.45, 2.75) is 19.3 Å². The molecule has 0 aliphatic heterocycles. The third-order valence-corrected chi connectivity index (χ3v) is 6.31. The smallest absolute Gasteiger partial charge is 0.416 e. The molecule has 0 unspecified atom stereocenters. The number of nitrogens with zero attached hydrogens (tertiary/aromatic N) is 3. The Bertz CT molecular complexity index is 1500. The van der Waals surface area contributed by atoms with Gasteiger partial charge in [-0.2, -0.15) is 13.2 Å². The fraction of sp³-hybridized carbons (Fsp3) is 0.115. The first-order valence-corrected chi connectivity index (χ1v) is 11.8. The van der Waals surface area contributed by atoms with Crippen molar-refractivity contribution >= 4 is 33.7 Å². The predicted octanol–water partition coefficient (Wildman–Crippen LogP) is 6.55. The maximum absolute atomic E-state index is 12.9. The molecule has 0 amide bonds. The highest BCUT2D eigenvalue weighted by molar-refractivity contribution is 7.09. The summed E-state index contributed by atoms with van der Waals surface area (Å²) >= 11 is 1.52. The van der Waals surface area contributed by atoms with Gasteiger partial charge in [0.15, 0.2) is 0 Å². The fourth-order valence-corrected chi connectivity index (χ4v) is 4.31. The molecule has 2 aromatic heterocycles. The molecule has 0 saturated carbocycles.